The monoisotopic (exact) mass is 290 g/mol. The van der Waals surface area contributed by atoms with Crippen LogP contribution in [-0.2, 0) is 4.74 Å². The van der Waals surface area contributed by atoms with Gasteiger partial charge in [-0.15, -0.1) is 0 Å². The highest BCUT2D eigenvalue weighted by molar-refractivity contribution is 5.73. The summed E-state index contributed by atoms with van der Waals surface area (Å²) in [7, 11) is 1.60. The fourth-order valence-electron chi connectivity index (χ4n) is 2.49. The Morgan fingerprint density at radius 2 is 2.35 bits per heavy atom. The third-order valence-corrected chi connectivity index (χ3v) is 3.57. The van der Waals surface area contributed by atoms with Crippen molar-refractivity contribution in [1.29, 1.82) is 0 Å². The van der Waals surface area contributed by atoms with Gasteiger partial charge in [0.1, 0.15) is 6.67 Å². The maximum absolute atomic E-state index is 12.1. The van der Waals surface area contributed by atoms with Crippen molar-refractivity contribution in [2.45, 2.75) is 25.4 Å². The van der Waals surface area contributed by atoms with Crippen LogP contribution in [0, 0.1) is 5.92 Å². The minimum Gasteiger partial charge on any atom is -0.377 e. The van der Waals surface area contributed by atoms with Crippen LogP contribution in [-0.4, -0.2) is 69.6 Å². The quantitative estimate of drug-likeness (QED) is 0.547. The Bertz CT molecular complexity index is 294. The Hall–Kier alpha value is -0.920. The Morgan fingerprint density at radius 3 is 2.95 bits per heavy atom. The van der Waals surface area contributed by atoms with Gasteiger partial charge in [0.05, 0.1) is 13.2 Å². The number of rotatable bonds is 8. The van der Waals surface area contributed by atoms with Gasteiger partial charge in [0.2, 0.25) is 0 Å². The van der Waals surface area contributed by atoms with Crippen molar-refractivity contribution in [2.75, 3.05) is 46.6 Å². The average molecular weight is 290 g/mol. The number of ether oxygens (including phenoxy) is 1. The summed E-state index contributed by atoms with van der Waals surface area (Å²) in [6, 6.07) is 0.128. The van der Waals surface area contributed by atoms with Gasteiger partial charge in [0.25, 0.3) is 0 Å². The molecule has 0 radical (unpaired) electrons. The molecule has 3 atom stereocenters. The lowest BCUT2D eigenvalue weighted by molar-refractivity contribution is 0.0646. The van der Waals surface area contributed by atoms with E-state index in [0.29, 0.717) is 19.1 Å². The lowest BCUT2D eigenvalue weighted by atomic mass is 10.1. The highest BCUT2D eigenvalue weighted by Gasteiger charge is 2.33. The second kappa shape index (κ2) is 9.10. The largest absolute Gasteiger partial charge is 0.377 e. The predicted molar refractivity (Wildman–Crippen MR) is 76.4 cm³/mol. The first-order valence-electron chi connectivity index (χ1n) is 7.16. The third-order valence-electron chi connectivity index (χ3n) is 3.57. The van der Waals surface area contributed by atoms with E-state index in [1.54, 1.807) is 7.05 Å². The molecule has 1 fully saturated rings. The molecule has 6 nitrogen and oxygen atoms in total. The summed E-state index contributed by atoms with van der Waals surface area (Å²) in [5.41, 5.74) is 5.67. The topological polar surface area (TPSA) is 79.6 Å². The molecule has 0 spiro atoms. The first kappa shape index (κ1) is 17.1. The van der Waals surface area contributed by atoms with Crippen LogP contribution in [0.1, 0.15) is 13.3 Å². The summed E-state index contributed by atoms with van der Waals surface area (Å²) in [4.78, 5) is 13.7. The Balaban J connectivity index is 2.50. The SMILES string of the molecule is CNC(=O)N[C@@H]1C[C@@H](COCCF)N(C[C@@H](C)CN)C1. The minimum absolute atomic E-state index is 0.0962. The fourth-order valence-corrected chi connectivity index (χ4v) is 2.49. The van der Waals surface area contributed by atoms with E-state index in [-0.39, 0.29) is 24.7 Å². The molecule has 0 unspecified atom stereocenters. The smallest absolute Gasteiger partial charge is 0.314 e. The molecule has 2 amide bonds. The fraction of sp³-hybridized carbons (Fsp3) is 0.923. The van der Waals surface area contributed by atoms with Crippen LogP contribution in [0.2, 0.25) is 0 Å². The number of hydrogen-bond acceptors (Lipinski definition) is 4. The summed E-state index contributed by atoms with van der Waals surface area (Å²) in [5, 5.41) is 5.47. The van der Waals surface area contributed by atoms with Gasteiger partial charge < -0.3 is 21.1 Å². The molecule has 1 aliphatic heterocycles. The minimum atomic E-state index is -0.466. The van der Waals surface area contributed by atoms with Crippen molar-refractivity contribution in [3.8, 4) is 0 Å². The molecule has 0 saturated carbocycles. The molecule has 0 aromatic heterocycles. The molecule has 1 saturated heterocycles. The molecule has 0 aliphatic carbocycles. The van der Waals surface area contributed by atoms with Crippen LogP contribution in [0.4, 0.5) is 9.18 Å². The van der Waals surface area contributed by atoms with E-state index in [4.69, 9.17) is 10.5 Å². The number of carbonyl (C=O) groups is 1. The summed E-state index contributed by atoms with van der Waals surface area (Å²) >= 11 is 0. The molecule has 118 valence electrons. The van der Waals surface area contributed by atoms with Gasteiger partial charge in [-0.3, -0.25) is 4.90 Å². The predicted octanol–water partition coefficient (Wildman–Crippen LogP) is -0.0608. The number of hydrogen-bond donors (Lipinski definition) is 3. The normalized spacial score (nSPS) is 24.6. The average Bonchev–Trinajstić information content (AvgIpc) is 2.80. The second-order valence-electron chi connectivity index (χ2n) is 5.37. The van der Waals surface area contributed by atoms with Gasteiger partial charge in [0.15, 0.2) is 0 Å². The van der Waals surface area contributed by atoms with E-state index < -0.39 is 6.67 Å². The lowest BCUT2D eigenvalue weighted by Gasteiger charge is -2.26. The van der Waals surface area contributed by atoms with E-state index >= 15 is 0 Å². The molecule has 0 aromatic rings. The van der Waals surface area contributed by atoms with Gasteiger partial charge in [-0.05, 0) is 18.9 Å². The molecule has 0 bridgehead atoms. The third kappa shape index (κ3) is 5.60. The molecule has 1 rings (SSSR count). The van der Waals surface area contributed by atoms with Crippen molar-refractivity contribution >= 4 is 6.03 Å². The molecule has 4 N–H and O–H groups in total. The summed E-state index contributed by atoms with van der Waals surface area (Å²) in [6.07, 6.45) is 0.816. The number of amides is 2. The second-order valence-corrected chi connectivity index (χ2v) is 5.37. The molecule has 20 heavy (non-hydrogen) atoms. The zero-order chi connectivity index (χ0) is 15.0. The number of likely N-dealkylation sites (tertiary alicyclic amines) is 1. The number of urea groups is 1. The van der Waals surface area contributed by atoms with E-state index in [1.165, 1.54) is 0 Å². The Labute approximate surface area is 120 Å². The molecule has 1 aliphatic rings. The first-order chi connectivity index (χ1) is 9.60. The molecule has 7 heteroatoms. The lowest BCUT2D eigenvalue weighted by Crippen LogP contribution is -2.42. The number of nitrogens with one attached hydrogen (secondary N) is 2. The molecular weight excluding hydrogens is 263 g/mol. The van der Waals surface area contributed by atoms with Crippen LogP contribution in [0.25, 0.3) is 0 Å². The zero-order valence-corrected chi connectivity index (χ0v) is 12.4. The number of nitrogens with zero attached hydrogens (tertiary/aromatic N) is 1. The number of alkyl halides is 1. The Kier molecular flexibility index (Phi) is 7.79. The van der Waals surface area contributed by atoms with Crippen LogP contribution in [0.3, 0.4) is 0 Å². The van der Waals surface area contributed by atoms with Crippen molar-refractivity contribution in [2.24, 2.45) is 11.7 Å². The van der Waals surface area contributed by atoms with Gasteiger partial charge in [-0.2, -0.15) is 0 Å². The highest BCUT2D eigenvalue weighted by Crippen LogP contribution is 2.19. The number of carbonyl (C=O) groups excluding carboxylic acids is 1. The van der Waals surface area contributed by atoms with E-state index in [0.717, 1.165) is 19.5 Å². The van der Waals surface area contributed by atoms with E-state index in [2.05, 4.69) is 22.5 Å². The van der Waals surface area contributed by atoms with E-state index in [9.17, 15) is 9.18 Å². The van der Waals surface area contributed by atoms with Gasteiger partial charge in [0, 0.05) is 32.2 Å². The standard InChI is InChI=1S/C13H27FN4O2/c1-10(6-15)7-18-8-11(17-13(19)16-2)5-12(18)9-20-4-3-14/h10-12H,3-9,15H2,1-2H3,(H2,16,17,19)/t10-,11+,12-/m0/s1. The van der Waals surface area contributed by atoms with Crippen LogP contribution >= 0.6 is 0 Å². The van der Waals surface area contributed by atoms with Crippen molar-refractivity contribution < 1.29 is 13.9 Å². The summed E-state index contributed by atoms with van der Waals surface area (Å²) in [6.45, 7) is 4.53. The molecule has 0 aromatic carbocycles. The van der Waals surface area contributed by atoms with Crippen molar-refractivity contribution in [3.05, 3.63) is 0 Å². The van der Waals surface area contributed by atoms with Crippen LogP contribution in [0.5, 0.6) is 0 Å². The maximum atomic E-state index is 12.1. The van der Waals surface area contributed by atoms with E-state index in [1.807, 2.05) is 0 Å². The summed E-state index contributed by atoms with van der Waals surface area (Å²) < 4.78 is 17.4. The Morgan fingerprint density at radius 1 is 1.60 bits per heavy atom. The van der Waals surface area contributed by atoms with Crippen molar-refractivity contribution in [3.63, 3.8) is 0 Å². The maximum Gasteiger partial charge on any atom is 0.314 e. The van der Waals surface area contributed by atoms with Gasteiger partial charge in [-0.25, -0.2) is 9.18 Å². The van der Waals surface area contributed by atoms with Gasteiger partial charge in [-0.1, -0.05) is 6.92 Å². The van der Waals surface area contributed by atoms with Crippen LogP contribution < -0.4 is 16.4 Å². The van der Waals surface area contributed by atoms with Crippen LogP contribution in [0.15, 0.2) is 0 Å². The zero-order valence-electron chi connectivity index (χ0n) is 12.4. The highest BCUT2D eigenvalue weighted by atomic mass is 19.1. The molecule has 1 heterocycles. The number of halogens is 1. The number of nitrogens with two attached hydrogens (primary N) is 1. The molecular formula is C13H27FN4O2. The van der Waals surface area contributed by atoms with Gasteiger partial charge >= 0.3 is 6.03 Å². The summed E-state index contributed by atoms with van der Waals surface area (Å²) in [5.74, 6) is 0.387. The van der Waals surface area contributed by atoms with Crippen molar-refractivity contribution in [1.82, 2.24) is 15.5 Å². The first-order valence-corrected chi connectivity index (χ1v) is 7.16.